The quantitative estimate of drug-likeness (QED) is 0.595. The van der Waals surface area contributed by atoms with Gasteiger partial charge in [-0.15, -0.1) is 11.3 Å². The lowest BCUT2D eigenvalue weighted by Crippen LogP contribution is -2.41. The van der Waals surface area contributed by atoms with Gasteiger partial charge >= 0.3 is 0 Å². The fourth-order valence-electron chi connectivity index (χ4n) is 2.03. The number of aromatic nitrogens is 1. The SMILES string of the molecule is CN=C(NCc1ncc(C)s1)NCC(C)Oc1ccc(OC)cc1. The van der Waals surface area contributed by atoms with Crippen LogP contribution in [0.4, 0.5) is 0 Å². The van der Waals surface area contributed by atoms with Crippen molar-refractivity contribution in [3.8, 4) is 11.5 Å². The number of guanidine groups is 1. The molecule has 1 unspecified atom stereocenters. The van der Waals surface area contributed by atoms with Crippen LogP contribution in [0.2, 0.25) is 0 Å². The van der Waals surface area contributed by atoms with Crippen LogP contribution in [0.25, 0.3) is 0 Å². The van der Waals surface area contributed by atoms with Crippen LogP contribution in [0.5, 0.6) is 11.5 Å². The summed E-state index contributed by atoms with van der Waals surface area (Å²) in [6, 6.07) is 7.55. The number of aryl methyl sites for hydroxylation is 1. The molecule has 2 aromatic rings. The van der Waals surface area contributed by atoms with Crippen molar-refractivity contribution < 1.29 is 9.47 Å². The van der Waals surface area contributed by atoms with Crippen molar-refractivity contribution >= 4 is 17.3 Å². The van der Waals surface area contributed by atoms with Crippen LogP contribution in [0.15, 0.2) is 35.5 Å². The van der Waals surface area contributed by atoms with Crippen molar-refractivity contribution in [2.75, 3.05) is 20.7 Å². The van der Waals surface area contributed by atoms with E-state index in [1.165, 1.54) is 4.88 Å². The van der Waals surface area contributed by atoms with Gasteiger partial charge in [-0.05, 0) is 38.1 Å². The lowest BCUT2D eigenvalue weighted by Gasteiger charge is -2.17. The average molecular weight is 348 g/mol. The molecule has 0 aliphatic carbocycles. The van der Waals surface area contributed by atoms with E-state index in [0.717, 1.165) is 22.5 Å². The zero-order chi connectivity index (χ0) is 17.4. The summed E-state index contributed by atoms with van der Waals surface area (Å²) < 4.78 is 11.0. The van der Waals surface area contributed by atoms with E-state index in [2.05, 4.69) is 20.6 Å². The van der Waals surface area contributed by atoms with Gasteiger partial charge in [0.15, 0.2) is 5.96 Å². The van der Waals surface area contributed by atoms with Gasteiger partial charge in [0.25, 0.3) is 0 Å². The Labute approximate surface area is 146 Å². The van der Waals surface area contributed by atoms with Crippen molar-refractivity contribution in [3.05, 3.63) is 40.3 Å². The molecule has 0 fully saturated rings. The number of benzene rings is 1. The standard InChI is InChI=1S/C17H24N4O2S/c1-12(23-15-7-5-14(22-4)6-8-15)9-20-17(18-3)21-11-16-19-10-13(2)24-16/h5-8,10,12H,9,11H2,1-4H3,(H2,18,20,21). The van der Waals surface area contributed by atoms with Gasteiger partial charge in [-0.1, -0.05) is 0 Å². The lowest BCUT2D eigenvalue weighted by atomic mass is 10.3. The van der Waals surface area contributed by atoms with Gasteiger partial charge in [0.1, 0.15) is 22.6 Å². The van der Waals surface area contributed by atoms with E-state index in [4.69, 9.17) is 9.47 Å². The Hall–Kier alpha value is -2.28. The third-order valence-corrected chi connectivity index (χ3v) is 4.17. The van der Waals surface area contributed by atoms with Crippen molar-refractivity contribution in [2.24, 2.45) is 4.99 Å². The molecule has 0 amide bonds. The number of hydrogen-bond acceptors (Lipinski definition) is 5. The summed E-state index contributed by atoms with van der Waals surface area (Å²) in [7, 11) is 3.39. The zero-order valence-corrected chi connectivity index (χ0v) is 15.3. The molecule has 1 atom stereocenters. The van der Waals surface area contributed by atoms with Crippen LogP contribution < -0.4 is 20.1 Å². The molecule has 130 valence electrons. The Balaban J connectivity index is 1.75. The Kier molecular flexibility index (Phi) is 6.87. The smallest absolute Gasteiger partial charge is 0.191 e. The number of aliphatic imine (C=N–C) groups is 1. The van der Waals surface area contributed by atoms with Crippen LogP contribution in [-0.2, 0) is 6.54 Å². The second-order valence-corrected chi connectivity index (χ2v) is 6.59. The van der Waals surface area contributed by atoms with E-state index in [1.54, 1.807) is 25.5 Å². The molecule has 7 heteroatoms. The van der Waals surface area contributed by atoms with Crippen LogP contribution in [-0.4, -0.2) is 37.7 Å². The molecule has 1 aromatic carbocycles. The monoisotopic (exact) mass is 348 g/mol. The number of nitrogens with zero attached hydrogens (tertiary/aromatic N) is 2. The Morgan fingerprint density at radius 1 is 1.25 bits per heavy atom. The molecule has 0 bridgehead atoms. The first-order chi connectivity index (χ1) is 11.6. The maximum Gasteiger partial charge on any atom is 0.191 e. The molecule has 2 N–H and O–H groups in total. The third-order valence-electron chi connectivity index (χ3n) is 3.25. The van der Waals surface area contributed by atoms with E-state index < -0.39 is 0 Å². The molecule has 1 aromatic heterocycles. The van der Waals surface area contributed by atoms with Gasteiger partial charge in [0.05, 0.1) is 20.2 Å². The molecule has 0 aliphatic heterocycles. The van der Waals surface area contributed by atoms with Gasteiger partial charge in [-0.3, -0.25) is 4.99 Å². The minimum absolute atomic E-state index is 0.000878. The second-order valence-electron chi connectivity index (χ2n) is 5.28. The fraction of sp³-hybridized carbons (Fsp3) is 0.412. The summed E-state index contributed by atoms with van der Waals surface area (Å²) in [6.07, 6.45) is 1.88. The van der Waals surface area contributed by atoms with Crippen molar-refractivity contribution in [3.63, 3.8) is 0 Å². The van der Waals surface area contributed by atoms with E-state index in [1.807, 2.05) is 44.3 Å². The van der Waals surface area contributed by atoms with Crippen molar-refractivity contribution in [1.29, 1.82) is 0 Å². The predicted molar refractivity (Wildman–Crippen MR) is 98.1 cm³/mol. The maximum absolute atomic E-state index is 5.86. The molecule has 0 saturated carbocycles. The maximum atomic E-state index is 5.86. The summed E-state index contributed by atoms with van der Waals surface area (Å²) in [5, 5.41) is 7.54. The minimum atomic E-state index is -0.000878. The number of hydrogen-bond donors (Lipinski definition) is 2. The van der Waals surface area contributed by atoms with Gasteiger partial charge in [0, 0.05) is 18.1 Å². The average Bonchev–Trinajstić information content (AvgIpc) is 3.01. The van der Waals surface area contributed by atoms with Gasteiger partial charge in [-0.2, -0.15) is 0 Å². The first kappa shape index (κ1) is 18.1. The van der Waals surface area contributed by atoms with E-state index in [-0.39, 0.29) is 6.10 Å². The Morgan fingerprint density at radius 3 is 2.54 bits per heavy atom. The van der Waals surface area contributed by atoms with Crippen LogP contribution in [0.1, 0.15) is 16.8 Å². The van der Waals surface area contributed by atoms with E-state index in [0.29, 0.717) is 13.1 Å². The Morgan fingerprint density at radius 2 is 1.96 bits per heavy atom. The first-order valence-corrected chi connectivity index (χ1v) is 8.59. The Bertz CT molecular complexity index is 655. The first-order valence-electron chi connectivity index (χ1n) is 7.77. The summed E-state index contributed by atoms with van der Waals surface area (Å²) in [4.78, 5) is 9.74. The molecule has 2 rings (SSSR count). The number of methoxy groups -OCH3 is 1. The molecular formula is C17H24N4O2S. The lowest BCUT2D eigenvalue weighted by molar-refractivity contribution is 0.223. The van der Waals surface area contributed by atoms with Crippen LogP contribution in [0, 0.1) is 6.92 Å². The number of nitrogens with one attached hydrogen (secondary N) is 2. The van der Waals surface area contributed by atoms with Crippen LogP contribution in [0.3, 0.4) is 0 Å². The highest BCUT2D eigenvalue weighted by atomic mass is 32.1. The van der Waals surface area contributed by atoms with Crippen molar-refractivity contribution in [1.82, 2.24) is 15.6 Å². The molecule has 0 saturated heterocycles. The molecule has 0 radical (unpaired) electrons. The van der Waals surface area contributed by atoms with Crippen molar-refractivity contribution in [2.45, 2.75) is 26.5 Å². The molecular weight excluding hydrogens is 324 g/mol. The minimum Gasteiger partial charge on any atom is -0.497 e. The highest BCUT2D eigenvalue weighted by Gasteiger charge is 2.07. The summed E-state index contributed by atoms with van der Waals surface area (Å²) in [6.45, 7) is 5.36. The number of rotatable bonds is 7. The van der Waals surface area contributed by atoms with E-state index >= 15 is 0 Å². The van der Waals surface area contributed by atoms with Gasteiger partial charge in [0.2, 0.25) is 0 Å². The van der Waals surface area contributed by atoms with Gasteiger partial charge in [-0.25, -0.2) is 4.98 Å². The van der Waals surface area contributed by atoms with Crippen LogP contribution >= 0.6 is 11.3 Å². The zero-order valence-electron chi connectivity index (χ0n) is 14.5. The highest BCUT2D eigenvalue weighted by Crippen LogP contribution is 2.18. The van der Waals surface area contributed by atoms with E-state index in [9.17, 15) is 0 Å². The molecule has 6 nitrogen and oxygen atoms in total. The third kappa shape index (κ3) is 5.73. The van der Waals surface area contributed by atoms with Gasteiger partial charge < -0.3 is 20.1 Å². The molecule has 24 heavy (non-hydrogen) atoms. The fourth-order valence-corrected chi connectivity index (χ4v) is 2.76. The normalized spacial score (nSPS) is 12.6. The summed E-state index contributed by atoms with van der Waals surface area (Å²) in [5.74, 6) is 2.36. The summed E-state index contributed by atoms with van der Waals surface area (Å²) in [5.41, 5.74) is 0. The predicted octanol–water partition coefficient (Wildman–Crippen LogP) is 2.59. The number of ether oxygens (including phenoxy) is 2. The molecule has 1 heterocycles. The number of thiazole rings is 1. The largest absolute Gasteiger partial charge is 0.497 e. The topological polar surface area (TPSA) is 67.8 Å². The molecule has 0 spiro atoms. The summed E-state index contributed by atoms with van der Waals surface area (Å²) >= 11 is 1.68. The second kappa shape index (κ2) is 9.12. The molecule has 0 aliphatic rings. The highest BCUT2D eigenvalue weighted by molar-refractivity contribution is 7.11.